The lowest BCUT2D eigenvalue weighted by Crippen LogP contribution is -2.25. The standard InChI is InChI=1S/C23H23N3O3/c1-16-9-10-21(17(2)12-16)29-15-22(27)26-20-8-4-3-6-18(20)14-25-23(28)19-7-5-11-24-13-19/h3-13H,14-15H2,1-2H3,(H,25,28)(H,26,27). The number of pyridine rings is 1. The van der Waals surface area contributed by atoms with Crippen LogP contribution in [0.15, 0.2) is 67.0 Å². The Kier molecular flexibility index (Phi) is 6.58. The van der Waals surface area contributed by atoms with Crippen molar-refractivity contribution < 1.29 is 14.3 Å². The van der Waals surface area contributed by atoms with Crippen LogP contribution in [-0.2, 0) is 11.3 Å². The molecule has 0 radical (unpaired) electrons. The first-order valence-corrected chi connectivity index (χ1v) is 9.29. The second-order valence-corrected chi connectivity index (χ2v) is 6.69. The van der Waals surface area contributed by atoms with E-state index >= 15 is 0 Å². The summed E-state index contributed by atoms with van der Waals surface area (Å²) < 4.78 is 5.63. The highest BCUT2D eigenvalue weighted by atomic mass is 16.5. The predicted octanol–water partition coefficient (Wildman–Crippen LogP) is 3.65. The highest BCUT2D eigenvalue weighted by Crippen LogP contribution is 2.19. The Hall–Kier alpha value is -3.67. The van der Waals surface area contributed by atoms with Crippen LogP contribution in [0.25, 0.3) is 0 Å². The Morgan fingerprint density at radius 2 is 1.86 bits per heavy atom. The number of carbonyl (C=O) groups is 2. The van der Waals surface area contributed by atoms with Crippen LogP contribution in [0.5, 0.6) is 5.75 Å². The summed E-state index contributed by atoms with van der Waals surface area (Å²) in [5, 5.41) is 5.69. The average Bonchev–Trinajstić information content (AvgIpc) is 2.73. The summed E-state index contributed by atoms with van der Waals surface area (Å²) in [7, 11) is 0. The van der Waals surface area contributed by atoms with Gasteiger partial charge >= 0.3 is 0 Å². The average molecular weight is 389 g/mol. The molecule has 1 heterocycles. The Morgan fingerprint density at radius 3 is 2.62 bits per heavy atom. The van der Waals surface area contributed by atoms with Crippen molar-refractivity contribution in [3.05, 3.63) is 89.2 Å². The van der Waals surface area contributed by atoms with Gasteiger partial charge in [0.25, 0.3) is 11.8 Å². The minimum absolute atomic E-state index is 0.0969. The Labute approximate surface area is 169 Å². The SMILES string of the molecule is Cc1ccc(OCC(=O)Nc2ccccc2CNC(=O)c2cccnc2)c(C)c1. The minimum Gasteiger partial charge on any atom is -0.483 e. The number of anilines is 1. The fourth-order valence-electron chi connectivity index (χ4n) is 2.86. The molecule has 0 aliphatic rings. The van der Waals surface area contributed by atoms with Crippen LogP contribution >= 0.6 is 0 Å². The van der Waals surface area contributed by atoms with Crippen LogP contribution in [0, 0.1) is 13.8 Å². The molecule has 6 heteroatoms. The lowest BCUT2D eigenvalue weighted by molar-refractivity contribution is -0.118. The number of rotatable bonds is 7. The van der Waals surface area contributed by atoms with E-state index in [1.165, 1.54) is 6.20 Å². The zero-order valence-electron chi connectivity index (χ0n) is 16.4. The molecule has 3 rings (SSSR count). The largest absolute Gasteiger partial charge is 0.483 e. The third kappa shape index (κ3) is 5.65. The Balaban J connectivity index is 1.58. The molecule has 2 amide bonds. The van der Waals surface area contributed by atoms with Gasteiger partial charge in [-0.3, -0.25) is 14.6 Å². The van der Waals surface area contributed by atoms with Gasteiger partial charge in [0.2, 0.25) is 0 Å². The van der Waals surface area contributed by atoms with E-state index in [1.54, 1.807) is 24.4 Å². The highest BCUT2D eigenvalue weighted by molar-refractivity contribution is 5.94. The number of ether oxygens (including phenoxy) is 1. The molecule has 148 valence electrons. The number of hydrogen-bond acceptors (Lipinski definition) is 4. The summed E-state index contributed by atoms with van der Waals surface area (Å²) in [5.41, 5.74) is 4.03. The molecule has 0 spiro atoms. The van der Waals surface area contributed by atoms with Gasteiger partial charge in [-0.25, -0.2) is 0 Å². The number of aromatic nitrogens is 1. The van der Waals surface area contributed by atoms with Crippen molar-refractivity contribution in [3.63, 3.8) is 0 Å². The molecule has 0 aliphatic carbocycles. The van der Waals surface area contributed by atoms with Crippen molar-refractivity contribution in [2.24, 2.45) is 0 Å². The van der Waals surface area contributed by atoms with Crippen LogP contribution < -0.4 is 15.4 Å². The second kappa shape index (κ2) is 9.50. The van der Waals surface area contributed by atoms with Crippen LogP contribution in [0.2, 0.25) is 0 Å². The molecule has 0 saturated carbocycles. The summed E-state index contributed by atoms with van der Waals surface area (Å²) in [6.07, 6.45) is 3.12. The molecule has 2 N–H and O–H groups in total. The quantitative estimate of drug-likeness (QED) is 0.646. The third-order valence-electron chi connectivity index (χ3n) is 4.34. The number of aryl methyl sites for hydroxylation is 2. The summed E-state index contributed by atoms with van der Waals surface area (Å²) in [6.45, 7) is 4.14. The number of hydrogen-bond donors (Lipinski definition) is 2. The van der Waals surface area contributed by atoms with Gasteiger partial charge in [-0.1, -0.05) is 35.9 Å². The molecule has 0 fully saturated rings. The topological polar surface area (TPSA) is 80.3 Å². The summed E-state index contributed by atoms with van der Waals surface area (Å²) in [4.78, 5) is 28.5. The lowest BCUT2D eigenvalue weighted by Gasteiger charge is -2.13. The number of benzene rings is 2. The predicted molar refractivity (Wildman–Crippen MR) is 112 cm³/mol. The maximum atomic E-state index is 12.3. The number of carbonyl (C=O) groups excluding carboxylic acids is 2. The molecule has 0 unspecified atom stereocenters. The molecule has 1 aromatic heterocycles. The molecule has 0 aliphatic heterocycles. The highest BCUT2D eigenvalue weighted by Gasteiger charge is 2.10. The monoisotopic (exact) mass is 389 g/mol. The number of amides is 2. The fourth-order valence-corrected chi connectivity index (χ4v) is 2.86. The fraction of sp³-hybridized carbons (Fsp3) is 0.174. The minimum atomic E-state index is -0.268. The van der Waals surface area contributed by atoms with Crippen LogP contribution in [0.4, 0.5) is 5.69 Å². The number of para-hydroxylation sites is 1. The van der Waals surface area contributed by atoms with E-state index in [2.05, 4.69) is 15.6 Å². The normalized spacial score (nSPS) is 10.3. The van der Waals surface area contributed by atoms with E-state index in [0.29, 0.717) is 17.0 Å². The molecule has 0 bridgehead atoms. The van der Waals surface area contributed by atoms with Gasteiger partial charge in [-0.15, -0.1) is 0 Å². The van der Waals surface area contributed by atoms with Gasteiger partial charge in [0.15, 0.2) is 6.61 Å². The smallest absolute Gasteiger partial charge is 0.262 e. The van der Waals surface area contributed by atoms with Gasteiger partial charge in [0.05, 0.1) is 5.56 Å². The van der Waals surface area contributed by atoms with Crippen molar-refractivity contribution in [2.75, 3.05) is 11.9 Å². The second-order valence-electron chi connectivity index (χ2n) is 6.69. The first-order valence-electron chi connectivity index (χ1n) is 9.29. The van der Waals surface area contributed by atoms with E-state index in [-0.39, 0.29) is 25.0 Å². The van der Waals surface area contributed by atoms with Crippen LogP contribution in [-0.4, -0.2) is 23.4 Å². The van der Waals surface area contributed by atoms with Gasteiger partial charge in [-0.2, -0.15) is 0 Å². The van der Waals surface area contributed by atoms with E-state index in [1.807, 2.05) is 50.2 Å². The summed E-state index contributed by atoms with van der Waals surface area (Å²) >= 11 is 0. The molecule has 0 saturated heterocycles. The molecule has 29 heavy (non-hydrogen) atoms. The van der Waals surface area contributed by atoms with E-state index < -0.39 is 0 Å². The molecule has 2 aromatic carbocycles. The molecule has 0 atom stereocenters. The Bertz CT molecular complexity index is 1000. The molecule has 3 aromatic rings. The van der Waals surface area contributed by atoms with Crippen LogP contribution in [0.1, 0.15) is 27.0 Å². The van der Waals surface area contributed by atoms with E-state index in [0.717, 1.165) is 16.7 Å². The maximum absolute atomic E-state index is 12.3. The first-order chi connectivity index (χ1) is 14.0. The maximum Gasteiger partial charge on any atom is 0.262 e. The van der Waals surface area contributed by atoms with Crippen molar-refractivity contribution >= 4 is 17.5 Å². The molecular weight excluding hydrogens is 366 g/mol. The zero-order chi connectivity index (χ0) is 20.6. The van der Waals surface area contributed by atoms with Gasteiger partial charge in [-0.05, 0) is 49.2 Å². The number of nitrogens with one attached hydrogen (secondary N) is 2. The van der Waals surface area contributed by atoms with Crippen molar-refractivity contribution in [1.29, 1.82) is 0 Å². The molecule has 6 nitrogen and oxygen atoms in total. The first kappa shape index (κ1) is 20.1. The summed E-state index contributed by atoms with van der Waals surface area (Å²) in [6, 6.07) is 16.5. The van der Waals surface area contributed by atoms with E-state index in [4.69, 9.17) is 4.74 Å². The Morgan fingerprint density at radius 1 is 1.03 bits per heavy atom. The third-order valence-corrected chi connectivity index (χ3v) is 4.34. The van der Waals surface area contributed by atoms with Gasteiger partial charge in [0.1, 0.15) is 5.75 Å². The van der Waals surface area contributed by atoms with Crippen molar-refractivity contribution in [3.8, 4) is 5.75 Å². The van der Waals surface area contributed by atoms with Gasteiger partial charge in [0, 0.05) is 24.6 Å². The van der Waals surface area contributed by atoms with Gasteiger partial charge < -0.3 is 15.4 Å². The summed E-state index contributed by atoms with van der Waals surface area (Å²) in [5.74, 6) is 0.191. The molecular formula is C23H23N3O3. The number of nitrogens with zero attached hydrogens (tertiary/aromatic N) is 1. The lowest BCUT2D eigenvalue weighted by atomic mass is 10.1. The van der Waals surface area contributed by atoms with Crippen molar-refractivity contribution in [2.45, 2.75) is 20.4 Å². The van der Waals surface area contributed by atoms with E-state index in [9.17, 15) is 9.59 Å². The van der Waals surface area contributed by atoms with Crippen molar-refractivity contribution in [1.82, 2.24) is 10.3 Å². The van der Waals surface area contributed by atoms with Crippen LogP contribution in [0.3, 0.4) is 0 Å². The zero-order valence-corrected chi connectivity index (χ0v) is 16.4.